The Bertz CT molecular complexity index is 798. The Morgan fingerprint density at radius 3 is 2.53 bits per heavy atom. The number of aliphatic imine (C=N–C) groups is 1. The molecule has 2 aromatic rings. The number of hydrogen-bond donors (Lipinski definition) is 2. The smallest absolute Gasteiger partial charge is 0.190 e. The van der Waals surface area contributed by atoms with Crippen molar-refractivity contribution < 1.29 is 9.47 Å². The fourth-order valence-electron chi connectivity index (χ4n) is 3.69. The highest BCUT2D eigenvalue weighted by atomic mass is 127. The second-order valence-corrected chi connectivity index (χ2v) is 7.25. The number of guanidine groups is 1. The average molecular weight is 524 g/mol. The molecule has 1 heterocycles. The molecule has 30 heavy (non-hydrogen) atoms. The Labute approximate surface area is 197 Å². The van der Waals surface area contributed by atoms with E-state index in [-0.39, 0.29) is 24.0 Å². The van der Waals surface area contributed by atoms with Crippen LogP contribution in [0.3, 0.4) is 0 Å². The fraction of sp³-hybridized carbons (Fsp3) is 0.435. The molecule has 1 atom stereocenters. The predicted molar refractivity (Wildman–Crippen MR) is 135 cm³/mol. The summed E-state index contributed by atoms with van der Waals surface area (Å²) in [5.41, 5.74) is 2.46. The maximum atomic E-state index is 5.51. The molecule has 1 aliphatic rings. The second kappa shape index (κ2) is 12.5. The molecule has 0 aliphatic carbocycles. The second-order valence-electron chi connectivity index (χ2n) is 7.25. The van der Waals surface area contributed by atoms with Crippen molar-refractivity contribution in [1.29, 1.82) is 0 Å². The van der Waals surface area contributed by atoms with Gasteiger partial charge in [0, 0.05) is 33.2 Å². The first-order chi connectivity index (χ1) is 14.2. The average Bonchev–Trinajstić information content (AvgIpc) is 3.25. The molecule has 7 heteroatoms. The standard InChI is InChI=1S/C23H32N4O2.HI/c1-24-23(25-14-12-18-8-10-20(28-2)11-9-18)26-16-19-13-15-27(17-19)21-6-4-5-7-22(21)29-3;/h4-11,19H,12-17H2,1-3H3,(H2,24,25,26);1H. The van der Waals surface area contributed by atoms with Gasteiger partial charge in [0.2, 0.25) is 0 Å². The molecule has 0 radical (unpaired) electrons. The van der Waals surface area contributed by atoms with Crippen molar-refractivity contribution >= 4 is 35.6 Å². The molecule has 6 nitrogen and oxygen atoms in total. The van der Waals surface area contributed by atoms with E-state index in [2.05, 4.69) is 44.8 Å². The molecular formula is C23H33IN4O2. The summed E-state index contributed by atoms with van der Waals surface area (Å²) in [5, 5.41) is 6.88. The Kier molecular flexibility index (Phi) is 10.1. The highest BCUT2D eigenvalue weighted by Gasteiger charge is 2.24. The van der Waals surface area contributed by atoms with Crippen LogP contribution in [0.2, 0.25) is 0 Å². The van der Waals surface area contributed by atoms with Crippen molar-refractivity contribution in [1.82, 2.24) is 10.6 Å². The van der Waals surface area contributed by atoms with Crippen LogP contribution in [-0.2, 0) is 6.42 Å². The van der Waals surface area contributed by atoms with Gasteiger partial charge in [-0.3, -0.25) is 4.99 Å². The van der Waals surface area contributed by atoms with Crippen LogP contribution in [0.4, 0.5) is 5.69 Å². The molecule has 0 bridgehead atoms. The lowest BCUT2D eigenvalue weighted by Gasteiger charge is -2.21. The van der Waals surface area contributed by atoms with Gasteiger partial charge in [0.1, 0.15) is 11.5 Å². The molecule has 1 aliphatic heterocycles. The van der Waals surface area contributed by atoms with E-state index in [9.17, 15) is 0 Å². The zero-order valence-electron chi connectivity index (χ0n) is 18.1. The minimum Gasteiger partial charge on any atom is -0.497 e. The van der Waals surface area contributed by atoms with E-state index in [1.807, 2.05) is 31.3 Å². The van der Waals surface area contributed by atoms with E-state index >= 15 is 0 Å². The number of anilines is 1. The van der Waals surface area contributed by atoms with Crippen molar-refractivity contribution in [2.24, 2.45) is 10.9 Å². The van der Waals surface area contributed by atoms with E-state index in [0.29, 0.717) is 5.92 Å². The first kappa shape index (κ1) is 24.1. The molecule has 0 amide bonds. The third-order valence-electron chi connectivity index (χ3n) is 5.36. The van der Waals surface area contributed by atoms with Gasteiger partial charge >= 0.3 is 0 Å². The van der Waals surface area contributed by atoms with Crippen LogP contribution in [0.5, 0.6) is 11.5 Å². The van der Waals surface area contributed by atoms with Crippen molar-refractivity contribution in [2.45, 2.75) is 12.8 Å². The topological polar surface area (TPSA) is 58.1 Å². The summed E-state index contributed by atoms with van der Waals surface area (Å²) in [4.78, 5) is 6.76. The minimum atomic E-state index is 0. The van der Waals surface area contributed by atoms with Gasteiger partial charge in [-0.2, -0.15) is 0 Å². The molecule has 1 saturated heterocycles. The maximum Gasteiger partial charge on any atom is 0.190 e. The van der Waals surface area contributed by atoms with E-state index in [1.165, 1.54) is 11.3 Å². The Morgan fingerprint density at radius 2 is 1.83 bits per heavy atom. The van der Waals surface area contributed by atoms with Gasteiger partial charge in [-0.15, -0.1) is 24.0 Å². The van der Waals surface area contributed by atoms with Crippen LogP contribution in [0.25, 0.3) is 0 Å². The van der Waals surface area contributed by atoms with Crippen LogP contribution in [0, 0.1) is 5.92 Å². The summed E-state index contributed by atoms with van der Waals surface area (Å²) in [6, 6.07) is 16.4. The molecule has 0 spiro atoms. The van der Waals surface area contributed by atoms with Crippen LogP contribution in [-0.4, -0.2) is 53.4 Å². The highest BCUT2D eigenvalue weighted by molar-refractivity contribution is 14.0. The largest absolute Gasteiger partial charge is 0.497 e. The van der Waals surface area contributed by atoms with Crippen molar-refractivity contribution in [3.63, 3.8) is 0 Å². The quantitative estimate of drug-likeness (QED) is 0.314. The Balaban J connectivity index is 0.00000320. The van der Waals surface area contributed by atoms with Crippen LogP contribution >= 0.6 is 24.0 Å². The SMILES string of the molecule is CN=C(NCCc1ccc(OC)cc1)NCC1CCN(c2ccccc2OC)C1.I. The minimum absolute atomic E-state index is 0. The lowest BCUT2D eigenvalue weighted by atomic mass is 10.1. The van der Waals surface area contributed by atoms with Gasteiger partial charge in [-0.25, -0.2) is 0 Å². The number of nitrogens with one attached hydrogen (secondary N) is 2. The molecule has 2 aromatic carbocycles. The summed E-state index contributed by atoms with van der Waals surface area (Å²) >= 11 is 0. The number of methoxy groups -OCH3 is 2. The van der Waals surface area contributed by atoms with Crippen LogP contribution < -0.4 is 25.0 Å². The zero-order valence-corrected chi connectivity index (χ0v) is 20.4. The fourth-order valence-corrected chi connectivity index (χ4v) is 3.69. The van der Waals surface area contributed by atoms with Gasteiger partial charge in [0.15, 0.2) is 5.96 Å². The number of nitrogens with zero attached hydrogens (tertiary/aromatic N) is 2. The van der Waals surface area contributed by atoms with Gasteiger partial charge in [0.25, 0.3) is 0 Å². The molecule has 1 fully saturated rings. The van der Waals surface area contributed by atoms with Crippen molar-refractivity contribution in [3.8, 4) is 11.5 Å². The Morgan fingerprint density at radius 1 is 1.07 bits per heavy atom. The normalized spacial score (nSPS) is 16.0. The molecule has 1 unspecified atom stereocenters. The number of para-hydroxylation sites is 2. The third kappa shape index (κ3) is 6.68. The number of ether oxygens (including phenoxy) is 2. The van der Waals surface area contributed by atoms with Gasteiger partial charge in [-0.05, 0) is 48.6 Å². The molecule has 2 N–H and O–H groups in total. The number of hydrogen-bond acceptors (Lipinski definition) is 4. The van der Waals surface area contributed by atoms with E-state index in [0.717, 1.165) is 56.5 Å². The van der Waals surface area contributed by atoms with Crippen LogP contribution in [0.15, 0.2) is 53.5 Å². The van der Waals surface area contributed by atoms with E-state index in [1.54, 1.807) is 14.2 Å². The monoisotopic (exact) mass is 524 g/mol. The number of rotatable bonds is 8. The highest BCUT2D eigenvalue weighted by Crippen LogP contribution is 2.31. The van der Waals surface area contributed by atoms with Gasteiger partial charge < -0.3 is 25.0 Å². The number of halogens is 1. The summed E-state index contributed by atoms with van der Waals surface area (Å²) < 4.78 is 10.7. The molecule has 0 aromatic heterocycles. The molecule has 164 valence electrons. The Hall–Kier alpha value is -2.16. The maximum absolute atomic E-state index is 5.51. The first-order valence-electron chi connectivity index (χ1n) is 10.2. The summed E-state index contributed by atoms with van der Waals surface area (Å²) in [7, 11) is 5.24. The predicted octanol–water partition coefficient (Wildman–Crippen LogP) is 3.56. The molecule has 0 saturated carbocycles. The van der Waals surface area contributed by atoms with Gasteiger partial charge in [0.05, 0.1) is 19.9 Å². The van der Waals surface area contributed by atoms with E-state index < -0.39 is 0 Å². The summed E-state index contributed by atoms with van der Waals surface area (Å²) in [6.45, 7) is 3.82. The molecular weight excluding hydrogens is 491 g/mol. The summed E-state index contributed by atoms with van der Waals surface area (Å²) in [5.74, 6) is 3.27. The summed E-state index contributed by atoms with van der Waals surface area (Å²) in [6.07, 6.45) is 2.10. The van der Waals surface area contributed by atoms with Crippen molar-refractivity contribution in [3.05, 3.63) is 54.1 Å². The van der Waals surface area contributed by atoms with Crippen molar-refractivity contribution in [2.75, 3.05) is 52.3 Å². The molecule has 3 rings (SSSR count). The van der Waals surface area contributed by atoms with E-state index in [4.69, 9.17) is 9.47 Å². The van der Waals surface area contributed by atoms with Gasteiger partial charge in [-0.1, -0.05) is 24.3 Å². The number of benzene rings is 2. The lowest BCUT2D eigenvalue weighted by Crippen LogP contribution is -2.41. The zero-order chi connectivity index (χ0) is 20.5. The third-order valence-corrected chi connectivity index (χ3v) is 5.36. The lowest BCUT2D eigenvalue weighted by molar-refractivity contribution is 0.414. The van der Waals surface area contributed by atoms with Crippen LogP contribution in [0.1, 0.15) is 12.0 Å². The first-order valence-corrected chi connectivity index (χ1v) is 10.2.